The molecular formula is C29H31N4O5S-. The van der Waals surface area contributed by atoms with Gasteiger partial charge in [0.1, 0.15) is 0 Å². The molecule has 1 saturated heterocycles. The number of piperazine rings is 1. The SMILES string of the molecule is CC(CC(=O)O)N(N1CCN(c2ccc(C#Cc3ccc4cccc(C(=O)N(C)C)c4c3)cc2)CC1)S(=O)[O-]. The number of hydrogen-bond acceptors (Lipinski definition) is 6. The summed E-state index contributed by atoms with van der Waals surface area (Å²) in [4.78, 5) is 27.4. The number of hydrogen-bond donors (Lipinski definition) is 1. The van der Waals surface area contributed by atoms with E-state index in [2.05, 4.69) is 16.7 Å². The Hall–Kier alpha value is -3.75. The number of carbonyl (C=O) groups excluding carboxylic acids is 1. The van der Waals surface area contributed by atoms with Gasteiger partial charge < -0.3 is 19.5 Å². The second-order valence-corrected chi connectivity index (χ2v) is 10.5. The Bertz CT molecular complexity index is 1440. The number of benzene rings is 3. The third-order valence-electron chi connectivity index (χ3n) is 6.64. The van der Waals surface area contributed by atoms with Crippen LogP contribution in [-0.4, -0.2) is 86.4 Å². The van der Waals surface area contributed by atoms with Crippen molar-refractivity contribution in [3.63, 3.8) is 0 Å². The Balaban J connectivity index is 1.43. The number of carboxylic acid groups (broad SMARTS) is 1. The Kier molecular flexibility index (Phi) is 8.99. The number of aliphatic carboxylic acids is 1. The summed E-state index contributed by atoms with van der Waals surface area (Å²) >= 11 is -2.55. The molecule has 1 heterocycles. The molecule has 10 heteroatoms. The van der Waals surface area contributed by atoms with E-state index in [0.29, 0.717) is 31.7 Å². The lowest BCUT2D eigenvalue weighted by Crippen LogP contribution is -2.57. The normalized spacial score (nSPS) is 15.5. The fourth-order valence-corrected chi connectivity index (χ4v) is 5.40. The van der Waals surface area contributed by atoms with E-state index in [1.54, 1.807) is 30.9 Å². The molecule has 3 aromatic carbocycles. The van der Waals surface area contributed by atoms with E-state index < -0.39 is 23.3 Å². The van der Waals surface area contributed by atoms with Gasteiger partial charge >= 0.3 is 5.97 Å². The third-order valence-corrected chi connectivity index (χ3v) is 7.53. The lowest BCUT2D eigenvalue weighted by Gasteiger charge is -2.44. The number of hydrazine groups is 1. The highest BCUT2D eigenvalue weighted by Gasteiger charge is 2.28. The first-order valence-electron chi connectivity index (χ1n) is 12.6. The molecule has 4 rings (SSSR count). The van der Waals surface area contributed by atoms with Crippen LogP contribution in [0.4, 0.5) is 5.69 Å². The van der Waals surface area contributed by atoms with Crippen molar-refractivity contribution in [2.45, 2.75) is 19.4 Å². The predicted molar refractivity (Wildman–Crippen MR) is 151 cm³/mol. The minimum atomic E-state index is -2.55. The second kappa shape index (κ2) is 12.4. The van der Waals surface area contributed by atoms with Crippen molar-refractivity contribution in [2.24, 2.45) is 0 Å². The van der Waals surface area contributed by atoms with Crippen LogP contribution in [0.2, 0.25) is 0 Å². The summed E-state index contributed by atoms with van der Waals surface area (Å²) < 4.78 is 24.7. The Morgan fingerprint density at radius 2 is 1.64 bits per heavy atom. The first-order valence-corrected chi connectivity index (χ1v) is 13.6. The van der Waals surface area contributed by atoms with Gasteiger partial charge in [0, 0.05) is 80.0 Å². The molecular weight excluding hydrogens is 516 g/mol. The molecule has 0 aromatic heterocycles. The van der Waals surface area contributed by atoms with Crippen LogP contribution in [0.15, 0.2) is 60.7 Å². The summed E-state index contributed by atoms with van der Waals surface area (Å²) in [6.07, 6.45) is -0.259. The summed E-state index contributed by atoms with van der Waals surface area (Å²) in [5.41, 5.74) is 3.32. The molecule has 9 nitrogen and oxygen atoms in total. The standard InChI is InChI=1S/C29H32N4O5S/c1-21(19-28(34)35)33(39(37)38)32-17-15-31(16-18-32)25-13-10-22(11-14-25)7-8-23-9-12-24-5-4-6-26(27(24)20-23)29(36)30(2)3/h4-6,9-14,20-21H,15-19H2,1-3H3,(H,34,35)(H,37,38)/p-1. The molecule has 0 bridgehead atoms. The molecule has 1 N–H and O–H groups in total. The zero-order valence-corrected chi connectivity index (χ0v) is 23.0. The van der Waals surface area contributed by atoms with Gasteiger partial charge in [-0.3, -0.25) is 13.8 Å². The van der Waals surface area contributed by atoms with Gasteiger partial charge in [0.25, 0.3) is 5.91 Å². The van der Waals surface area contributed by atoms with Gasteiger partial charge in [-0.05, 0) is 60.2 Å². The molecule has 1 aliphatic heterocycles. The number of carbonyl (C=O) groups is 2. The molecule has 2 atom stereocenters. The fraction of sp³-hybridized carbons (Fsp3) is 0.310. The van der Waals surface area contributed by atoms with Crippen molar-refractivity contribution in [3.05, 3.63) is 77.4 Å². The smallest absolute Gasteiger partial charge is 0.305 e. The maximum atomic E-state index is 12.6. The average molecular weight is 548 g/mol. The number of anilines is 1. The summed E-state index contributed by atoms with van der Waals surface area (Å²) in [6.45, 7) is 3.71. The quantitative estimate of drug-likeness (QED) is 0.358. The summed E-state index contributed by atoms with van der Waals surface area (Å²) in [7, 11) is 3.47. The Labute approximate surface area is 231 Å². The van der Waals surface area contributed by atoms with Crippen LogP contribution in [0.25, 0.3) is 10.8 Å². The van der Waals surface area contributed by atoms with Crippen LogP contribution in [0.1, 0.15) is 34.8 Å². The molecule has 1 aliphatic rings. The lowest BCUT2D eigenvalue weighted by molar-refractivity contribution is -0.139. The topological polar surface area (TPSA) is 107 Å². The molecule has 39 heavy (non-hydrogen) atoms. The molecule has 2 unspecified atom stereocenters. The molecule has 1 amide bonds. The molecule has 204 valence electrons. The first kappa shape index (κ1) is 28.3. The van der Waals surface area contributed by atoms with Crippen molar-refractivity contribution in [2.75, 3.05) is 45.2 Å². The Morgan fingerprint density at radius 1 is 1.00 bits per heavy atom. The zero-order chi connectivity index (χ0) is 28.1. The summed E-state index contributed by atoms with van der Waals surface area (Å²) in [5.74, 6) is 5.31. The largest absolute Gasteiger partial charge is 0.759 e. The molecule has 3 aromatic rings. The minimum absolute atomic E-state index is 0.0501. The van der Waals surface area contributed by atoms with E-state index in [9.17, 15) is 18.4 Å². The van der Waals surface area contributed by atoms with Gasteiger partial charge in [-0.15, -0.1) is 0 Å². The fourth-order valence-electron chi connectivity index (χ4n) is 4.68. The van der Waals surface area contributed by atoms with Crippen LogP contribution in [0.5, 0.6) is 0 Å². The van der Waals surface area contributed by atoms with E-state index in [1.807, 2.05) is 60.7 Å². The van der Waals surface area contributed by atoms with Crippen molar-refractivity contribution >= 4 is 39.6 Å². The number of amides is 1. The van der Waals surface area contributed by atoms with E-state index in [0.717, 1.165) is 32.0 Å². The zero-order valence-electron chi connectivity index (χ0n) is 22.2. The highest BCUT2D eigenvalue weighted by atomic mass is 32.2. The Morgan fingerprint density at radius 3 is 2.26 bits per heavy atom. The number of fused-ring (bicyclic) bond motifs is 1. The molecule has 0 radical (unpaired) electrons. The van der Waals surface area contributed by atoms with Crippen molar-refractivity contribution in [1.82, 2.24) is 14.3 Å². The number of nitrogens with zero attached hydrogens (tertiary/aromatic N) is 4. The van der Waals surface area contributed by atoms with E-state index >= 15 is 0 Å². The maximum absolute atomic E-state index is 12.6. The van der Waals surface area contributed by atoms with Crippen molar-refractivity contribution < 1.29 is 23.5 Å². The van der Waals surface area contributed by atoms with Crippen molar-refractivity contribution in [1.29, 1.82) is 0 Å². The monoisotopic (exact) mass is 547 g/mol. The lowest BCUT2D eigenvalue weighted by atomic mass is 10.0. The van der Waals surface area contributed by atoms with Gasteiger partial charge in [0.15, 0.2) is 0 Å². The number of carboxylic acids is 1. The maximum Gasteiger partial charge on any atom is 0.305 e. The van der Waals surface area contributed by atoms with Crippen LogP contribution < -0.4 is 4.90 Å². The average Bonchev–Trinajstić information content (AvgIpc) is 2.91. The molecule has 1 fully saturated rings. The van der Waals surface area contributed by atoms with Crippen LogP contribution >= 0.6 is 0 Å². The first-order chi connectivity index (χ1) is 18.6. The van der Waals surface area contributed by atoms with E-state index in [4.69, 9.17) is 5.11 Å². The molecule has 0 saturated carbocycles. The van der Waals surface area contributed by atoms with E-state index in [-0.39, 0.29) is 12.3 Å². The highest BCUT2D eigenvalue weighted by Crippen LogP contribution is 2.22. The predicted octanol–water partition coefficient (Wildman–Crippen LogP) is 2.94. The third kappa shape index (κ3) is 6.82. The summed E-state index contributed by atoms with van der Waals surface area (Å²) in [6, 6.07) is 18.8. The molecule has 0 aliphatic carbocycles. The molecule has 0 spiro atoms. The second-order valence-electron chi connectivity index (χ2n) is 9.65. The van der Waals surface area contributed by atoms with Crippen LogP contribution in [-0.2, 0) is 16.1 Å². The van der Waals surface area contributed by atoms with Gasteiger partial charge in [-0.2, -0.15) is 4.41 Å². The van der Waals surface area contributed by atoms with Gasteiger partial charge in [0.2, 0.25) is 0 Å². The van der Waals surface area contributed by atoms with E-state index in [1.165, 1.54) is 0 Å². The summed E-state index contributed by atoms with van der Waals surface area (Å²) in [5, 5.41) is 12.6. The van der Waals surface area contributed by atoms with Crippen LogP contribution in [0.3, 0.4) is 0 Å². The highest BCUT2D eigenvalue weighted by molar-refractivity contribution is 7.76. The van der Waals surface area contributed by atoms with Crippen LogP contribution in [0, 0.1) is 11.8 Å². The van der Waals surface area contributed by atoms with Gasteiger partial charge in [-0.1, -0.05) is 30.0 Å². The number of rotatable bonds is 7. The van der Waals surface area contributed by atoms with Gasteiger partial charge in [-0.25, -0.2) is 5.01 Å². The minimum Gasteiger partial charge on any atom is -0.759 e. The van der Waals surface area contributed by atoms with Gasteiger partial charge in [0.05, 0.1) is 6.42 Å². The van der Waals surface area contributed by atoms with Crippen molar-refractivity contribution in [3.8, 4) is 11.8 Å².